The number of nitrogens with zero attached hydrogens (tertiary/aromatic N) is 2. The fraction of sp³-hybridized carbons (Fsp3) is 0.208. The van der Waals surface area contributed by atoms with E-state index >= 15 is 0 Å². The molecular formula is C24H22ClN3O3S. The van der Waals surface area contributed by atoms with E-state index in [1.807, 2.05) is 25.1 Å². The zero-order valence-electron chi connectivity index (χ0n) is 17.7. The smallest absolute Gasteiger partial charge is 0.262 e. The van der Waals surface area contributed by atoms with Gasteiger partial charge in [-0.15, -0.1) is 0 Å². The summed E-state index contributed by atoms with van der Waals surface area (Å²) in [6.07, 6.45) is 2.38. The molecule has 1 N–H and O–H groups in total. The molecule has 1 amide bonds. The summed E-state index contributed by atoms with van der Waals surface area (Å²) >= 11 is 7.31. The van der Waals surface area contributed by atoms with E-state index in [0.29, 0.717) is 26.8 Å². The van der Waals surface area contributed by atoms with Gasteiger partial charge in [0.2, 0.25) is 5.91 Å². The van der Waals surface area contributed by atoms with Crippen LogP contribution in [0.2, 0.25) is 5.02 Å². The van der Waals surface area contributed by atoms with E-state index in [4.69, 9.17) is 16.0 Å². The molecule has 2 aromatic carbocycles. The minimum Gasteiger partial charge on any atom is -0.467 e. The predicted molar refractivity (Wildman–Crippen MR) is 129 cm³/mol. The number of hydrogen-bond acceptors (Lipinski definition) is 5. The summed E-state index contributed by atoms with van der Waals surface area (Å²) in [4.78, 5) is 30.6. The molecule has 0 aliphatic carbocycles. The van der Waals surface area contributed by atoms with E-state index in [0.717, 1.165) is 23.2 Å². The number of thioether (sulfide) groups is 1. The molecule has 0 bridgehead atoms. The second-order valence-corrected chi connectivity index (χ2v) is 8.70. The molecule has 6 nitrogen and oxygen atoms in total. The Bertz CT molecular complexity index is 1330. The van der Waals surface area contributed by atoms with Gasteiger partial charge in [-0.3, -0.25) is 14.2 Å². The summed E-state index contributed by atoms with van der Waals surface area (Å²) in [6, 6.07) is 14.5. The molecule has 164 valence electrons. The maximum atomic E-state index is 13.2. The highest BCUT2D eigenvalue weighted by atomic mass is 35.5. The monoisotopic (exact) mass is 467 g/mol. The number of nitrogens with one attached hydrogen (secondary N) is 1. The number of fused-ring (bicyclic) bond motifs is 1. The van der Waals surface area contributed by atoms with Gasteiger partial charge in [0, 0.05) is 10.7 Å². The standard InChI is InChI=1S/C24H22ClN3O3S/c1-3-16-7-4-6-15(2)22(16)27-21(29)14-32-24-26-20-12-17(25)9-10-19(20)23(30)28(24)13-18-8-5-11-31-18/h4-12H,3,13-14H2,1-2H3,(H,27,29). The molecule has 32 heavy (non-hydrogen) atoms. The minimum atomic E-state index is -0.210. The van der Waals surface area contributed by atoms with Crippen molar-refractivity contribution in [3.8, 4) is 0 Å². The van der Waals surface area contributed by atoms with Crippen molar-refractivity contribution in [1.82, 2.24) is 9.55 Å². The molecular weight excluding hydrogens is 446 g/mol. The third-order valence-corrected chi connectivity index (χ3v) is 6.32. The number of anilines is 1. The number of furan rings is 1. The number of rotatable bonds is 7. The number of carbonyl (C=O) groups excluding carboxylic acids is 1. The van der Waals surface area contributed by atoms with Crippen molar-refractivity contribution in [2.24, 2.45) is 0 Å². The zero-order valence-corrected chi connectivity index (χ0v) is 19.3. The van der Waals surface area contributed by atoms with Gasteiger partial charge in [-0.05, 0) is 54.8 Å². The average molecular weight is 468 g/mol. The molecule has 0 aliphatic heterocycles. The van der Waals surface area contributed by atoms with E-state index in [1.165, 1.54) is 16.3 Å². The molecule has 0 saturated carbocycles. The lowest BCUT2D eigenvalue weighted by Gasteiger charge is -2.14. The molecule has 4 aromatic rings. The topological polar surface area (TPSA) is 77.1 Å². The minimum absolute atomic E-state index is 0.105. The molecule has 0 unspecified atom stereocenters. The normalized spacial score (nSPS) is 11.1. The fourth-order valence-corrected chi connectivity index (χ4v) is 4.45. The van der Waals surface area contributed by atoms with E-state index in [-0.39, 0.29) is 23.8 Å². The predicted octanol–water partition coefficient (Wildman–Crippen LogP) is 5.29. The van der Waals surface area contributed by atoms with Crippen molar-refractivity contribution >= 4 is 45.9 Å². The van der Waals surface area contributed by atoms with Gasteiger partial charge < -0.3 is 9.73 Å². The number of amides is 1. The molecule has 0 fully saturated rings. The summed E-state index contributed by atoms with van der Waals surface area (Å²) in [5.41, 5.74) is 3.21. The lowest BCUT2D eigenvalue weighted by atomic mass is 10.1. The molecule has 8 heteroatoms. The van der Waals surface area contributed by atoms with Crippen LogP contribution in [0.5, 0.6) is 0 Å². The van der Waals surface area contributed by atoms with Crippen LogP contribution in [0.3, 0.4) is 0 Å². The van der Waals surface area contributed by atoms with Gasteiger partial charge in [-0.1, -0.05) is 48.5 Å². The van der Waals surface area contributed by atoms with Gasteiger partial charge in [0.05, 0.1) is 29.5 Å². The Morgan fingerprint density at radius 3 is 2.81 bits per heavy atom. The van der Waals surface area contributed by atoms with Gasteiger partial charge in [0.25, 0.3) is 5.56 Å². The lowest BCUT2D eigenvalue weighted by Crippen LogP contribution is -2.25. The Labute approximate surface area is 194 Å². The highest BCUT2D eigenvalue weighted by Gasteiger charge is 2.16. The first-order valence-corrected chi connectivity index (χ1v) is 11.6. The summed E-state index contributed by atoms with van der Waals surface area (Å²) < 4.78 is 6.95. The van der Waals surface area contributed by atoms with E-state index < -0.39 is 0 Å². The zero-order chi connectivity index (χ0) is 22.7. The first kappa shape index (κ1) is 22.2. The fourth-order valence-electron chi connectivity index (χ4n) is 3.49. The quantitative estimate of drug-likeness (QED) is 0.295. The van der Waals surface area contributed by atoms with Crippen molar-refractivity contribution in [2.75, 3.05) is 11.1 Å². The van der Waals surface area contributed by atoms with Crippen LogP contribution in [-0.4, -0.2) is 21.2 Å². The Hall–Kier alpha value is -3.03. The van der Waals surface area contributed by atoms with Crippen LogP contribution >= 0.6 is 23.4 Å². The molecule has 0 radical (unpaired) electrons. The number of benzene rings is 2. The first-order valence-electron chi connectivity index (χ1n) is 10.2. The highest BCUT2D eigenvalue weighted by Crippen LogP contribution is 2.24. The SMILES string of the molecule is CCc1cccc(C)c1NC(=O)CSc1nc2cc(Cl)ccc2c(=O)n1Cc1ccco1. The Morgan fingerprint density at radius 2 is 2.06 bits per heavy atom. The van der Waals surface area contributed by atoms with E-state index in [1.54, 1.807) is 36.6 Å². The number of hydrogen-bond donors (Lipinski definition) is 1. The van der Waals surface area contributed by atoms with Crippen LogP contribution in [0.4, 0.5) is 5.69 Å². The highest BCUT2D eigenvalue weighted by molar-refractivity contribution is 7.99. The van der Waals surface area contributed by atoms with Crippen molar-refractivity contribution in [3.05, 3.63) is 87.1 Å². The number of aryl methyl sites for hydroxylation is 2. The van der Waals surface area contributed by atoms with E-state index in [2.05, 4.69) is 17.2 Å². The van der Waals surface area contributed by atoms with Crippen LogP contribution in [0.25, 0.3) is 10.9 Å². The molecule has 4 rings (SSSR count). The number of carbonyl (C=O) groups is 1. The third-order valence-electron chi connectivity index (χ3n) is 5.11. The number of halogens is 1. The van der Waals surface area contributed by atoms with Gasteiger partial charge in [0.1, 0.15) is 5.76 Å². The molecule has 2 aromatic heterocycles. The van der Waals surface area contributed by atoms with Gasteiger partial charge in [0.15, 0.2) is 5.16 Å². The second kappa shape index (κ2) is 9.63. The largest absolute Gasteiger partial charge is 0.467 e. The average Bonchev–Trinajstić information content (AvgIpc) is 3.29. The van der Waals surface area contributed by atoms with Crippen LogP contribution in [-0.2, 0) is 17.8 Å². The lowest BCUT2D eigenvalue weighted by molar-refractivity contribution is -0.113. The summed E-state index contributed by atoms with van der Waals surface area (Å²) in [7, 11) is 0. The van der Waals surface area contributed by atoms with Crippen LogP contribution in [0.15, 0.2) is 69.2 Å². The molecule has 0 spiro atoms. The maximum Gasteiger partial charge on any atom is 0.262 e. The second-order valence-electron chi connectivity index (χ2n) is 7.33. The first-order chi connectivity index (χ1) is 15.5. The molecule has 2 heterocycles. The van der Waals surface area contributed by atoms with Crippen molar-refractivity contribution in [3.63, 3.8) is 0 Å². The van der Waals surface area contributed by atoms with Crippen molar-refractivity contribution in [2.45, 2.75) is 32.0 Å². The van der Waals surface area contributed by atoms with Crippen LogP contribution < -0.4 is 10.9 Å². The Morgan fingerprint density at radius 1 is 1.22 bits per heavy atom. The maximum absolute atomic E-state index is 13.2. The van der Waals surface area contributed by atoms with Gasteiger partial charge >= 0.3 is 0 Å². The third kappa shape index (κ3) is 4.74. The van der Waals surface area contributed by atoms with Crippen molar-refractivity contribution in [1.29, 1.82) is 0 Å². The van der Waals surface area contributed by atoms with Gasteiger partial charge in [-0.2, -0.15) is 0 Å². The molecule has 0 atom stereocenters. The summed E-state index contributed by atoms with van der Waals surface area (Å²) in [6.45, 7) is 4.24. The van der Waals surface area contributed by atoms with E-state index in [9.17, 15) is 9.59 Å². The van der Waals surface area contributed by atoms with Crippen molar-refractivity contribution < 1.29 is 9.21 Å². The molecule has 0 saturated heterocycles. The molecule has 0 aliphatic rings. The summed E-state index contributed by atoms with van der Waals surface area (Å²) in [5, 5.41) is 4.39. The Balaban J connectivity index is 1.63. The number of para-hydroxylation sites is 1. The Kier molecular flexibility index (Phi) is 6.67. The van der Waals surface area contributed by atoms with Crippen LogP contribution in [0, 0.1) is 6.92 Å². The number of aromatic nitrogens is 2. The summed E-state index contributed by atoms with van der Waals surface area (Å²) in [5.74, 6) is 0.568. The van der Waals surface area contributed by atoms with Gasteiger partial charge in [-0.25, -0.2) is 4.98 Å². The van der Waals surface area contributed by atoms with Crippen LogP contribution in [0.1, 0.15) is 23.8 Å².